The minimum absolute atomic E-state index is 0.0115. The van der Waals surface area contributed by atoms with Gasteiger partial charge in [0.25, 0.3) is 28.9 Å². The van der Waals surface area contributed by atoms with E-state index in [1.54, 1.807) is 15.4 Å². The molecule has 5 rings (SSSR count). The van der Waals surface area contributed by atoms with Crippen LogP contribution in [0.3, 0.4) is 0 Å². The summed E-state index contributed by atoms with van der Waals surface area (Å²) in [5, 5.41) is 33.0. The summed E-state index contributed by atoms with van der Waals surface area (Å²) in [6, 6.07) is -1.11. The van der Waals surface area contributed by atoms with Crippen LogP contribution in [0.15, 0.2) is 33.3 Å². The number of nitrogens with one attached hydrogen (secondary N) is 1. The van der Waals surface area contributed by atoms with E-state index in [9.17, 15) is 24.3 Å². The van der Waals surface area contributed by atoms with Crippen molar-refractivity contribution in [2.75, 3.05) is 23.0 Å². The minimum atomic E-state index is -1.54. The van der Waals surface area contributed by atoms with Crippen molar-refractivity contribution >= 4 is 80.9 Å². The van der Waals surface area contributed by atoms with Gasteiger partial charge in [-0.2, -0.15) is 4.98 Å². The lowest BCUT2D eigenvalue weighted by atomic mass is 10.0. The van der Waals surface area contributed by atoms with E-state index in [2.05, 4.69) is 25.5 Å². The molecule has 0 saturated carbocycles. The zero-order valence-corrected chi connectivity index (χ0v) is 25.2. The van der Waals surface area contributed by atoms with Crippen molar-refractivity contribution in [3.63, 3.8) is 0 Å². The summed E-state index contributed by atoms with van der Waals surface area (Å²) in [6.45, 7) is 3.03. The lowest BCUT2D eigenvalue weighted by Gasteiger charge is -2.50. The van der Waals surface area contributed by atoms with Crippen molar-refractivity contribution in [3.05, 3.63) is 34.2 Å². The Kier molecular flexibility index (Phi) is 8.16. The predicted octanol–water partition coefficient (Wildman–Crippen LogP) is -2.13. The van der Waals surface area contributed by atoms with E-state index in [1.807, 2.05) is 14.0 Å². The van der Waals surface area contributed by atoms with Gasteiger partial charge in [-0.15, -0.1) is 23.1 Å². The second kappa shape index (κ2) is 11.7. The predicted molar refractivity (Wildman–Crippen MR) is 152 cm³/mol. The molecule has 2 aliphatic heterocycles. The fourth-order valence-corrected chi connectivity index (χ4v) is 7.30. The number of hydrogen-bond donors (Lipinski definition) is 4. The number of hydrogen-bond acceptors (Lipinski definition) is 15. The average Bonchev–Trinajstić information content (AvgIpc) is 3.57. The number of carboxylic acid groups (broad SMARTS) is 2. The number of amides is 2. The highest BCUT2D eigenvalue weighted by Gasteiger charge is 2.53. The van der Waals surface area contributed by atoms with Gasteiger partial charge >= 0.3 is 5.97 Å². The van der Waals surface area contributed by atoms with Gasteiger partial charge in [0.05, 0.1) is 24.3 Å². The highest BCUT2D eigenvalue weighted by molar-refractivity contribution is 8.01. The maximum absolute atomic E-state index is 13.2. The normalized spacial score (nSPS) is 19.2. The Balaban J connectivity index is 1.35. The lowest BCUT2D eigenvalue weighted by molar-refractivity contribution is -0.646. The highest BCUT2D eigenvalue weighted by Crippen LogP contribution is 2.41. The summed E-state index contributed by atoms with van der Waals surface area (Å²) in [4.78, 5) is 64.1. The monoisotopic (exact) mass is 648 g/mol. The van der Waals surface area contributed by atoms with E-state index >= 15 is 0 Å². The molecule has 3 aromatic heterocycles. The Bertz CT molecular complexity index is 1740. The van der Waals surface area contributed by atoms with Gasteiger partial charge in [-0.1, -0.05) is 16.9 Å². The molecule has 6 N–H and O–H groups in total. The first-order valence-corrected chi connectivity index (χ1v) is 15.3. The van der Waals surface area contributed by atoms with E-state index in [1.165, 1.54) is 35.8 Å². The Labute approximate surface area is 255 Å². The molecule has 0 radical (unpaired) electrons. The van der Waals surface area contributed by atoms with Crippen molar-refractivity contribution in [2.45, 2.75) is 36.5 Å². The largest absolute Gasteiger partial charge is 0.543 e. The maximum atomic E-state index is 13.2. The summed E-state index contributed by atoms with van der Waals surface area (Å²) in [6.07, 6.45) is 0.227. The van der Waals surface area contributed by atoms with Gasteiger partial charge in [-0.25, -0.2) is 14.3 Å². The third-order valence-corrected chi connectivity index (χ3v) is 9.55. The topological polar surface area (TPSA) is 247 Å². The molecule has 1 unspecified atom stereocenters. The van der Waals surface area contributed by atoms with Crippen LogP contribution in [-0.2, 0) is 31.1 Å². The van der Waals surface area contributed by atoms with Gasteiger partial charge in [-0.05, 0) is 23.9 Å². The first-order valence-electron chi connectivity index (χ1n) is 12.4. The lowest BCUT2D eigenvalue weighted by Crippen LogP contribution is -2.71. The fraction of sp³-hybridized carbons (Fsp3) is 0.348. The van der Waals surface area contributed by atoms with Gasteiger partial charge in [0, 0.05) is 22.0 Å². The van der Waals surface area contributed by atoms with Crippen molar-refractivity contribution in [2.24, 2.45) is 12.2 Å². The second-order valence-corrected chi connectivity index (χ2v) is 12.3. The van der Waals surface area contributed by atoms with E-state index in [0.29, 0.717) is 16.5 Å². The maximum Gasteiger partial charge on any atom is 0.347 e. The van der Waals surface area contributed by atoms with Gasteiger partial charge in [-0.3, -0.25) is 14.5 Å². The van der Waals surface area contributed by atoms with Gasteiger partial charge in [0.15, 0.2) is 10.8 Å². The number of carbonyl (C=O) groups is 4. The van der Waals surface area contributed by atoms with Crippen LogP contribution in [0.4, 0.5) is 10.9 Å². The van der Waals surface area contributed by atoms with E-state index < -0.39 is 47.0 Å². The number of β-lactam (4-membered cyclic amide) rings is 1. The summed E-state index contributed by atoms with van der Waals surface area (Å²) in [5.41, 5.74) is 13.0. The van der Waals surface area contributed by atoms with E-state index in [0.717, 1.165) is 27.4 Å². The number of rotatable bonds is 10. The zero-order chi connectivity index (χ0) is 31.2. The molecule has 0 bridgehead atoms. The number of carbonyl (C=O) groups excluding carboxylic acids is 3. The summed E-state index contributed by atoms with van der Waals surface area (Å²) in [5.74, 6) is -3.74. The van der Waals surface area contributed by atoms with Crippen LogP contribution in [0, 0.1) is 6.92 Å². The third-order valence-electron chi connectivity index (χ3n) is 6.52. The smallest absolute Gasteiger partial charge is 0.347 e. The number of carboxylic acids is 2. The van der Waals surface area contributed by atoms with Crippen molar-refractivity contribution in [1.29, 1.82) is 0 Å². The molecular formula is C23H24N10O7S3. The van der Waals surface area contributed by atoms with Crippen LogP contribution >= 0.6 is 34.9 Å². The van der Waals surface area contributed by atoms with Crippen molar-refractivity contribution in [1.82, 2.24) is 29.8 Å². The molecule has 20 heteroatoms. The summed E-state index contributed by atoms with van der Waals surface area (Å²) >= 11 is 3.47. The number of aryl methyl sites for hydroxylation is 2. The zero-order valence-electron chi connectivity index (χ0n) is 22.7. The highest BCUT2D eigenvalue weighted by atomic mass is 32.2. The first-order chi connectivity index (χ1) is 20.4. The van der Waals surface area contributed by atoms with Gasteiger partial charge < -0.3 is 36.6 Å². The number of anilines is 2. The van der Waals surface area contributed by atoms with Gasteiger partial charge in [0.1, 0.15) is 22.9 Å². The third kappa shape index (κ3) is 5.55. The Morgan fingerprint density at radius 3 is 2.77 bits per heavy atom. The van der Waals surface area contributed by atoms with Crippen molar-refractivity contribution in [3.8, 4) is 0 Å². The molecule has 3 atom stereocenters. The van der Waals surface area contributed by atoms with E-state index in [4.69, 9.17) is 21.4 Å². The van der Waals surface area contributed by atoms with Crippen LogP contribution in [0.5, 0.6) is 0 Å². The minimum Gasteiger partial charge on any atom is -0.543 e. The molecule has 0 aromatic carbocycles. The molecule has 2 amide bonds. The molecule has 5 heterocycles. The summed E-state index contributed by atoms with van der Waals surface area (Å²) in [7, 11) is 1.81. The molecule has 43 heavy (non-hydrogen) atoms. The second-order valence-electron chi connectivity index (χ2n) is 9.37. The quantitative estimate of drug-likeness (QED) is 0.0458. The Morgan fingerprint density at radius 2 is 2.12 bits per heavy atom. The SMILES string of the molecule is Cc1c(N)nc(SCC2=C(C(=O)[O-])N3C(=O)C(NC(=O)/C(=N\O[C@H](C)C(=O)O)c4csc(N)n4)[C@H]3SC2)n2nc[n+](C)c12. The number of nitrogens with two attached hydrogens (primary N) is 2. The standard InChI is InChI=1S/C23H24N10O7S3/c1-8-15(24)29-23(33-17(8)31(3)7-26-33)43-5-10-4-41-19-13(18(35)32(19)14(10)21(38)39)28-16(34)12(11-6-42-22(25)27-11)30-40-9(2)20(36)37/h6-7,9,13,19,24H,4-5H2,1-3H3,(H5,25,27,28,34,36,37,38,39)/b30-12-/t9-,13?,19-/m1/s1. The fourth-order valence-electron chi connectivity index (χ4n) is 4.32. The number of aliphatic carboxylic acids is 2. The molecule has 0 aliphatic carbocycles. The first kappa shape index (κ1) is 30.0. The van der Waals surface area contributed by atoms with Crippen LogP contribution < -0.4 is 26.5 Å². The number of nitrogens with zero attached hydrogens (tertiary/aromatic N) is 7. The van der Waals surface area contributed by atoms with Crippen molar-refractivity contribution < 1.29 is 38.8 Å². The summed E-state index contributed by atoms with van der Waals surface area (Å²) < 4.78 is 3.39. The Hall–Kier alpha value is -4.43. The molecule has 1 fully saturated rings. The number of thiazole rings is 1. The van der Waals surface area contributed by atoms with Crippen LogP contribution in [0.2, 0.25) is 0 Å². The van der Waals surface area contributed by atoms with Crippen LogP contribution in [0.25, 0.3) is 5.65 Å². The molecule has 0 spiro atoms. The molecule has 3 aromatic rings. The number of aromatic nitrogens is 5. The van der Waals surface area contributed by atoms with Crippen LogP contribution in [-0.4, -0.2) is 88.1 Å². The van der Waals surface area contributed by atoms with E-state index in [-0.39, 0.29) is 28.0 Å². The number of nitrogen functional groups attached to an aromatic ring is 2. The average molecular weight is 649 g/mol. The molecule has 2 aliphatic rings. The molecule has 226 valence electrons. The molecule has 17 nitrogen and oxygen atoms in total. The van der Waals surface area contributed by atoms with Gasteiger partial charge in [0.2, 0.25) is 6.10 Å². The molecule has 1 saturated heterocycles. The Morgan fingerprint density at radius 1 is 1.37 bits per heavy atom. The number of fused-ring (bicyclic) bond motifs is 2. The van der Waals surface area contributed by atoms with Crippen LogP contribution in [0.1, 0.15) is 18.2 Å². The molecular weight excluding hydrogens is 625 g/mol. The number of thioether (sulfide) groups is 2. The number of oxime groups is 1.